The van der Waals surface area contributed by atoms with Crippen molar-refractivity contribution in [3.63, 3.8) is 0 Å². The van der Waals surface area contributed by atoms with Crippen LogP contribution in [0.15, 0.2) is 24.7 Å². The van der Waals surface area contributed by atoms with Crippen LogP contribution in [0.5, 0.6) is 0 Å². The topological polar surface area (TPSA) is 73.6 Å². The number of carbonyl (C=O) groups is 1. The molecule has 0 aromatic carbocycles. The van der Waals surface area contributed by atoms with Gasteiger partial charge in [-0.05, 0) is 18.6 Å². The number of nitrogens with zero attached hydrogens (tertiary/aromatic N) is 1. The summed E-state index contributed by atoms with van der Waals surface area (Å²) in [7, 11) is 0. The van der Waals surface area contributed by atoms with E-state index in [1.165, 1.54) is 6.20 Å². The number of nitrogens with one attached hydrogen (secondary N) is 3. The number of carbonyl (C=O) groups excluding carboxylic acids is 1. The molecule has 0 unspecified atom stereocenters. The SMILES string of the molecule is Cc1[nH]ncc1C(=O)NCc1cc[nH]c1. The van der Waals surface area contributed by atoms with Gasteiger partial charge in [-0.2, -0.15) is 5.10 Å². The lowest BCUT2D eigenvalue weighted by atomic mass is 10.2. The predicted molar refractivity (Wildman–Crippen MR) is 55.3 cm³/mol. The van der Waals surface area contributed by atoms with Gasteiger partial charge in [0.25, 0.3) is 5.91 Å². The molecule has 0 aliphatic heterocycles. The lowest BCUT2D eigenvalue weighted by molar-refractivity contribution is 0.0950. The average molecular weight is 204 g/mol. The van der Waals surface area contributed by atoms with Gasteiger partial charge in [0, 0.05) is 24.6 Å². The quantitative estimate of drug-likeness (QED) is 0.697. The van der Waals surface area contributed by atoms with Gasteiger partial charge in [-0.1, -0.05) is 0 Å². The van der Waals surface area contributed by atoms with Crippen molar-refractivity contribution in [3.8, 4) is 0 Å². The zero-order chi connectivity index (χ0) is 10.7. The second-order valence-electron chi connectivity index (χ2n) is 3.31. The third kappa shape index (κ3) is 2.07. The van der Waals surface area contributed by atoms with E-state index < -0.39 is 0 Å². The number of aryl methyl sites for hydroxylation is 1. The van der Waals surface area contributed by atoms with Crippen LogP contribution in [0.3, 0.4) is 0 Å². The molecular weight excluding hydrogens is 192 g/mol. The van der Waals surface area contributed by atoms with Gasteiger partial charge in [-0.3, -0.25) is 9.89 Å². The van der Waals surface area contributed by atoms with E-state index in [9.17, 15) is 4.79 Å². The number of hydrogen-bond donors (Lipinski definition) is 3. The van der Waals surface area contributed by atoms with E-state index in [4.69, 9.17) is 0 Å². The first kappa shape index (κ1) is 9.51. The summed E-state index contributed by atoms with van der Waals surface area (Å²) in [5, 5.41) is 9.33. The maximum absolute atomic E-state index is 11.6. The standard InChI is InChI=1S/C10H12N4O/c1-7-9(6-13-14-7)10(15)12-5-8-2-3-11-4-8/h2-4,6,11H,5H2,1H3,(H,12,15)(H,13,14). The van der Waals surface area contributed by atoms with E-state index in [-0.39, 0.29) is 5.91 Å². The molecular formula is C10H12N4O. The van der Waals surface area contributed by atoms with E-state index in [1.54, 1.807) is 0 Å². The van der Waals surface area contributed by atoms with Gasteiger partial charge in [0.2, 0.25) is 0 Å². The second-order valence-corrected chi connectivity index (χ2v) is 3.31. The van der Waals surface area contributed by atoms with Crippen LogP contribution < -0.4 is 5.32 Å². The first-order chi connectivity index (χ1) is 7.27. The molecule has 2 heterocycles. The molecule has 0 aliphatic rings. The van der Waals surface area contributed by atoms with Crippen molar-refractivity contribution in [1.29, 1.82) is 0 Å². The van der Waals surface area contributed by atoms with Crippen molar-refractivity contribution in [2.75, 3.05) is 0 Å². The molecule has 2 rings (SSSR count). The Bertz CT molecular complexity index is 444. The molecule has 0 saturated heterocycles. The summed E-state index contributed by atoms with van der Waals surface area (Å²) in [6, 6.07) is 1.92. The van der Waals surface area contributed by atoms with Gasteiger partial charge in [-0.25, -0.2) is 0 Å². The molecule has 5 nitrogen and oxygen atoms in total. The fraction of sp³-hybridized carbons (Fsp3) is 0.200. The minimum Gasteiger partial charge on any atom is -0.367 e. The van der Waals surface area contributed by atoms with E-state index >= 15 is 0 Å². The molecule has 0 atom stereocenters. The normalized spacial score (nSPS) is 10.2. The maximum atomic E-state index is 11.6. The van der Waals surface area contributed by atoms with Crippen molar-refractivity contribution in [2.24, 2.45) is 0 Å². The molecule has 0 aliphatic carbocycles. The molecule has 15 heavy (non-hydrogen) atoms. The van der Waals surface area contributed by atoms with E-state index in [0.29, 0.717) is 12.1 Å². The van der Waals surface area contributed by atoms with Gasteiger partial charge >= 0.3 is 0 Å². The summed E-state index contributed by atoms with van der Waals surface area (Å²) in [6.07, 6.45) is 5.20. The summed E-state index contributed by atoms with van der Waals surface area (Å²) >= 11 is 0. The van der Waals surface area contributed by atoms with Gasteiger partial charge in [0.1, 0.15) is 0 Å². The van der Waals surface area contributed by atoms with Crippen LogP contribution in [-0.2, 0) is 6.54 Å². The van der Waals surface area contributed by atoms with Gasteiger partial charge < -0.3 is 10.3 Å². The van der Waals surface area contributed by atoms with Crippen LogP contribution in [0.2, 0.25) is 0 Å². The Balaban J connectivity index is 1.96. The fourth-order valence-corrected chi connectivity index (χ4v) is 1.33. The third-order valence-corrected chi connectivity index (χ3v) is 2.19. The summed E-state index contributed by atoms with van der Waals surface area (Å²) in [4.78, 5) is 14.6. The predicted octanol–water partition coefficient (Wildman–Crippen LogP) is 0.976. The number of rotatable bonds is 3. The van der Waals surface area contributed by atoms with E-state index in [0.717, 1.165) is 11.3 Å². The largest absolute Gasteiger partial charge is 0.367 e. The monoisotopic (exact) mass is 204 g/mol. The molecule has 3 N–H and O–H groups in total. The zero-order valence-corrected chi connectivity index (χ0v) is 8.37. The Kier molecular flexibility index (Phi) is 2.53. The summed E-state index contributed by atoms with van der Waals surface area (Å²) in [5.74, 6) is -0.109. The smallest absolute Gasteiger partial charge is 0.255 e. The Morgan fingerprint density at radius 3 is 3.07 bits per heavy atom. The number of hydrogen-bond acceptors (Lipinski definition) is 2. The molecule has 78 valence electrons. The van der Waals surface area contributed by atoms with Crippen LogP contribution in [0, 0.1) is 6.92 Å². The van der Waals surface area contributed by atoms with Crippen molar-refractivity contribution < 1.29 is 4.79 Å². The molecule has 0 saturated carbocycles. The van der Waals surface area contributed by atoms with Crippen molar-refractivity contribution in [2.45, 2.75) is 13.5 Å². The van der Waals surface area contributed by atoms with E-state index in [1.807, 2.05) is 25.4 Å². The summed E-state index contributed by atoms with van der Waals surface area (Å²) in [5.41, 5.74) is 2.41. The summed E-state index contributed by atoms with van der Waals surface area (Å²) in [6.45, 7) is 2.34. The highest BCUT2D eigenvalue weighted by molar-refractivity contribution is 5.94. The van der Waals surface area contributed by atoms with Crippen molar-refractivity contribution >= 4 is 5.91 Å². The molecule has 0 bridgehead atoms. The molecule has 2 aromatic heterocycles. The lowest BCUT2D eigenvalue weighted by Gasteiger charge is -2.01. The van der Waals surface area contributed by atoms with Crippen molar-refractivity contribution in [3.05, 3.63) is 41.5 Å². The summed E-state index contributed by atoms with van der Waals surface area (Å²) < 4.78 is 0. The van der Waals surface area contributed by atoms with Crippen LogP contribution in [0.25, 0.3) is 0 Å². The maximum Gasteiger partial charge on any atom is 0.255 e. The molecule has 1 amide bonds. The fourth-order valence-electron chi connectivity index (χ4n) is 1.33. The zero-order valence-electron chi connectivity index (χ0n) is 8.37. The van der Waals surface area contributed by atoms with Gasteiger partial charge in [0.15, 0.2) is 0 Å². The first-order valence-corrected chi connectivity index (χ1v) is 4.67. The second kappa shape index (κ2) is 4.00. The van der Waals surface area contributed by atoms with Gasteiger partial charge in [-0.15, -0.1) is 0 Å². The van der Waals surface area contributed by atoms with Crippen LogP contribution in [-0.4, -0.2) is 21.1 Å². The number of aromatic nitrogens is 3. The molecule has 0 spiro atoms. The Morgan fingerprint density at radius 1 is 1.60 bits per heavy atom. The minimum absolute atomic E-state index is 0.109. The Labute approximate surface area is 86.9 Å². The highest BCUT2D eigenvalue weighted by Gasteiger charge is 2.09. The Morgan fingerprint density at radius 2 is 2.47 bits per heavy atom. The van der Waals surface area contributed by atoms with Gasteiger partial charge in [0.05, 0.1) is 11.8 Å². The highest BCUT2D eigenvalue weighted by atomic mass is 16.1. The molecule has 0 fully saturated rings. The molecule has 2 aromatic rings. The number of H-pyrrole nitrogens is 2. The highest BCUT2D eigenvalue weighted by Crippen LogP contribution is 2.03. The lowest BCUT2D eigenvalue weighted by Crippen LogP contribution is -2.22. The van der Waals surface area contributed by atoms with Crippen LogP contribution in [0.1, 0.15) is 21.6 Å². The molecule has 5 heteroatoms. The van der Waals surface area contributed by atoms with Crippen LogP contribution >= 0.6 is 0 Å². The number of amides is 1. The minimum atomic E-state index is -0.109. The third-order valence-electron chi connectivity index (χ3n) is 2.19. The number of aromatic amines is 2. The molecule has 0 radical (unpaired) electrons. The van der Waals surface area contributed by atoms with Crippen LogP contribution in [0.4, 0.5) is 0 Å². The van der Waals surface area contributed by atoms with E-state index in [2.05, 4.69) is 20.5 Å². The average Bonchev–Trinajstić information content (AvgIpc) is 2.84. The first-order valence-electron chi connectivity index (χ1n) is 4.67. The van der Waals surface area contributed by atoms with Crippen molar-refractivity contribution in [1.82, 2.24) is 20.5 Å². The Hall–Kier alpha value is -2.04.